The van der Waals surface area contributed by atoms with E-state index in [4.69, 9.17) is 14.7 Å². The Hall–Kier alpha value is -7.24. The number of carbonyl (C=O) groups excluding carboxylic acids is 4. The van der Waals surface area contributed by atoms with Gasteiger partial charge in [0.1, 0.15) is 17.8 Å². The number of fused-ring (bicyclic) bond motifs is 1. The SMILES string of the molecule is CC(=O)Nc1cccc(-c2csc(N(C)C(=O)[C@@H]3CCCN3C#N)n2)c1.CCOC(=O)c1c(-c2cccc3c2CCN3C(=O)[C@@H]2CCCN2C#N)cnn1Cc1ccc(OC)cc1. The van der Waals surface area contributed by atoms with Crippen molar-refractivity contribution in [3.8, 4) is 40.5 Å². The molecular formula is C46H48N10O6S. The molecule has 2 atom stereocenters. The summed E-state index contributed by atoms with van der Waals surface area (Å²) in [4.78, 5) is 61.4. The van der Waals surface area contributed by atoms with Gasteiger partial charge in [-0.25, -0.2) is 9.78 Å². The minimum absolute atomic E-state index is 0.0456. The smallest absolute Gasteiger partial charge is 0.357 e. The number of rotatable bonds is 11. The number of thiazole rings is 1. The number of likely N-dealkylation sites (tertiary alicyclic amines) is 2. The number of anilines is 3. The molecule has 0 radical (unpaired) electrons. The van der Waals surface area contributed by atoms with Crippen LogP contribution >= 0.6 is 11.3 Å². The normalized spacial score (nSPS) is 16.3. The Morgan fingerprint density at radius 2 is 1.65 bits per heavy atom. The number of hydrogen-bond donors (Lipinski definition) is 1. The lowest BCUT2D eigenvalue weighted by atomic mass is 9.98. The summed E-state index contributed by atoms with van der Waals surface area (Å²) < 4.78 is 12.3. The number of carbonyl (C=O) groups is 4. The average molecular weight is 869 g/mol. The van der Waals surface area contributed by atoms with Crippen LogP contribution in [0.1, 0.15) is 61.1 Å². The molecule has 5 aromatic rings. The third kappa shape index (κ3) is 9.49. The van der Waals surface area contributed by atoms with Gasteiger partial charge in [-0.15, -0.1) is 11.3 Å². The molecule has 2 aromatic heterocycles. The summed E-state index contributed by atoms with van der Waals surface area (Å²) in [7, 11) is 3.31. The summed E-state index contributed by atoms with van der Waals surface area (Å²) in [6.07, 6.45) is 9.65. The van der Waals surface area contributed by atoms with Crippen molar-refractivity contribution in [3.63, 3.8) is 0 Å². The summed E-state index contributed by atoms with van der Waals surface area (Å²) in [6.45, 7) is 5.65. The van der Waals surface area contributed by atoms with E-state index in [1.165, 1.54) is 28.1 Å². The van der Waals surface area contributed by atoms with Gasteiger partial charge in [0.2, 0.25) is 11.8 Å². The first-order valence-corrected chi connectivity index (χ1v) is 21.7. The lowest BCUT2D eigenvalue weighted by molar-refractivity contribution is -0.122. The maximum absolute atomic E-state index is 13.4. The van der Waals surface area contributed by atoms with Crippen molar-refractivity contribution < 1.29 is 28.7 Å². The third-order valence-electron chi connectivity index (χ3n) is 11.3. The summed E-state index contributed by atoms with van der Waals surface area (Å²) in [6, 6.07) is 20.0. The lowest BCUT2D eigenvalue weighted by Crippen LogP contribution is -2.43. The zero-order valence-electron chi connectivity index (χ0n) is 35.6. The van der Waals surface area contributed by atoms with Gasteiger partial charge in [-0.1, -0.05) is 36.4 Å². The molecule has 3 aromatic carbocycles. The van der Waals surface area contributed by atoms with Crippen LogP contribution in [-0.4, -0.2) is 101 Å². The van der Waals surface area contributed by atoms with Gasteiger partial charge in [0.15, 0.2) is 23.2 Å². The van der Waals surface area contributed by atoms with Gasteiger partial charge in [0, 0.05) is 61.5 Å². The van der Waals surface area contributed by atoms with Crippen LogP contribution in [0.25, 0.3) is 22.4 Å². The zero-order valence-corrected chi connectivity index (χ0v) is 36.4. The van der Waals surface area contributed by atoms with Crippen molar-refractivity contribution >= 4 is 51.5 Å². The highest BCUT2D eigenvalue weighted by atomic mass is 32.1. The molecule has 0 saturated carbocycles. The fourth-order valence-corrected chi connectivity index (χ4v) is 9.04. The van der Waals surface area contributed by atoms with Crippen LogP contribution in [0.3, 0.4) is 0 Å². The molecule has 0 spiro atoms. The molecule has 2 saturated heterocycles. The summed E-state index contributed by atoms with van der Waals surface area (Å²) >= 11 is 1.37. The molecule has 8 rings (SSSR count). The average Bonchev–Trinajstić information content (AvgIpc) is 4.16. The first-order chi connectivity index (χ1) is 30.5. The number of amides is 3. The van der Waals surface area contributed by atoms with Crippen LogP contribution in [0, 0.1) is 22.9 Å². The summed E-state index contributed by atoms with van der Waals surface area (Å²) in [5.41, 5.74) is 7.00. The van der Waals surface area contributed by atoms with Crippen molar-refractivity contribution in [1.82, 2.24) is 24.6 Å². The number of likely N-dealkylation sites (N-methyl/N-ethyl adjacent to an activating group) is 1. The molecule has 0 bridgehead atoms. The predicted molar refractivity (Wildman–Crippen MR) is 238 cm³/mol. The van der Waals surface area contributed by atoms with Crippen LogP contribution in [0.4, 0.5) is 16.5 Å². The molecule has 17 heteroatoms. The van der Waals surface area contributed by atoms with Crippen LogP contribution in [0.5, 0.6) is 5.75 Å². The molecule has 3 aliphatic heterocycles. The van der Waals surface area contributed by atoms with Gasteiger partial charge in [-0.2, -0.15) is 15.6 Å². The number of ether oxygens (including phenoxy) is 2. The summed E-state index contributed by atoms with van der Waals surface area (Å²) in [5, 5.41) is 28.3. The van der Waals surface area contributed by atoms with Crippen molar-refractivity contribution in [2.24, 2.45) is 0 Å². The largest absolute Gasteiger partial charge is 0.497 e. The molecule has 3 amide bonds. The van der Waals surface area contributed by atoms with Gasteiger partial charge >= 0.3 is 5.97 Å². The number of nitrogens with one attached hydrogen (secondary N) is 1. The van der Waals surface area contributed by atoms with Gasteiger partial charge in [-0.3, -0.25) is 33.8 Å². The van der Waals surface area contributed by atoms with Crippen LogP contribution in [-0.2, 0) is 32.1 Å². The Labute approximate surface area is 369 Å². The number of aromatic nitrogens is 3. The van der Waals surface area contributed by atoms with E-state index < -0.39 is 18.1 Å². The van der Waals surface area contributed by atoms with Gasteiger partial charge in [0.05, 0.1) is 32.2 Å². The Balaban J connectivity index is 0.000000201. The number of nitrogens with zero attached hydrogens (tertiary/aromatic N) is 9. The molecule has 324 valence electrons. The van der Waals surface area contributed by atoms with E-state index in [0.29, 0.717) is 67.5 Å². The predicted octanol–water partition coefficient (Wildman–Crippen LogP) is 6.30. The fourth-order valence-electron chi connectivity index (χ4n) is 8.23. The van der Waals surface area contributed by atoms with Crippen LogP contribution in [0.15, 0.2) is 78.3 Å². The van der Waals surface area contributed by atoms with Crippen molar-refractivity contribution in [1.29, 1.82) is 10.5 Å². The molecular weight excluding hydrogens is 821 g/mol. The van der Waals surface area contributed by atoms with E-state index in [-0.39, 0.29) is 24.3 Å². The Bertz CT molecular complexity index is 2580. The lowest BCUT2D eigenvalue weighted by Gasteiger charge is -2.25. The Kier molecular flexibility index (Phi) is 13.7. The van der Waals surface area contributed by atoms with Crippen LogP contribution in [0.2, 0.25) is 0 Å². The Morgan fingerprint density at radius 3 is 2.35 bits per heavy atom. The van der Waals surface area contributed by atoms with E-state index in [9.17, 15) is 24.4 Å². The quantitative estimate of drug-likeness (QED) is 0.115. The molecule has 0 aliphatic carbocycles. The molecule has 0 unspecified atom stereocenters. The van der Waals surface area contributed by atoms with E-state index >= 15 is 0 Å². The molecule has 1 N–H and O–H groups in total. The van der Waals surface area contributed by atoms with Crippen molar-refractivity contribution in [2.45, 2.75) is 64.6 Å². The molecule has 16 nitrogen and oxygen atoms in total. The van der Waals surface area contributed by atoms with Gasteiger partial charge in [-0.05, 0) is 86.1 Å². The topological polar surface area (TPSA) is 190 Å². The summed E-state index contributed by atoms with van der Waals surface area (Å²) in [5.74, 6) is 0.0189. The van der Waals surface area contributed by atoms with Gasteiger partial charge in [0.25, 0.3) is 5.91 Å². The minimum atomic E-state index is -0.442. The van der Waals surface area contributed by atoms with E-state index in [2.05, 4.69) is 27.8 Å². The number of nitriles is 2. The van der Waals surface area contributed by atoms with Gasteiger partial charge < -0.3 is 19.7 Å². The van der Waals surface area contributed by atoms with E-state index in [1.807, 2.05) is 72.1 Å². The highest BCUT2D eigenvalue weighted by molar-refractivity contribution is 7.14. The number of benzene rings is 3. The second-order valence-electron chi connectivity index (χ2n) is 15.3. The van der Waals surface area contributed by atoms with Crippen molar-refractivity contribution in [2.75, 3.05) is 55.5 Å². The monoisotopic (exact) mass is 868 g/mol. The third-order valence-corrected chi connectivity index (χ3v) is 12.2. The Morgan fingerprint density at radius 1 is 0.937 bits per heavy atom. The van der Waals surface area contributed by atoms with Crippen LogP contribution < -0.4 is 19.9 Å². The number of esters is 1. The second kappa shape index (κ2) is 19.6. The van der Waals surface area contributed by atoms with E-state index in [0.717, 1.165) is 52.2 Å². The molecule has 3 aliphatic rings. The first-order valence-electron chi connectivity index (χ1n) is 20.8. The minimum Gasteiger partial charge on any atom is -0.497 e. The maximum Gasteiger partial charge on any atom is 0.357 e. The highest BCUT2D eigenvalue weighted by Gasteiger charge is 2.38. The van der Waals surface area contributed by atoms with Crippen molar-refractivity contribution in [3.05, 3.63) is 95.1 Å². The first kappa shape index (κ1) is 43.8. The molecule has 63 heavy (non-hydrogen) atoms. The zero-order chi connectivity index (χ0) is 44.6. The molecule has 2 fully saturated rings. The number of hydrogen-bond acceptors (Lipinski definition) is 13. The maximum atomic E-state index is 13.4. The standard InChI is InChI=1S/C28H29N5O4.C18H19N5O2S/c1-3-37-28(35)26-23(16-30-33(26)17-19-9-11-20(36-2)12-10-19)21-6-4-7-24-22(21)13-15-32(24)27(34)25-8-5-14-31(25)18-29;1-12(24)20-14-6-3-5-13(9-14)15-10-26-18(21-15)22(2)17(25)16-7-4-8-23(16)11-19/h4,6-7,9-12,16,25H,3,5,8,13-15,17H2,1-2H3;3,5-6,9-10,16H,4,7-8H2,1-2H3,(H,20,24)/t25-;16-/m00/s1. The van der Waals surface area contributed by atoms with E-state index in [1.54, 1.807) is 41.8 Å². The molecule has 5 heterocycles. The number of methoxy groups -OCH3 is 1. The second-order valence-corrected chi connectivity index (χ2v) is 16.1. The highest BCUT2D eigenvalue weighted by Crippen LogP contribution is 2.39. The fraction of sp³-hybridized carbons (Fsp3) is 0.348.